The highest BCUT2D eigenvalue weighted by Crippen LogP contribution is 2.20. The lowest BCUT2D eigenvalue weighted by Crippen LogP contribution is -2.44. The molecule has 1 fully saturated rings. The maximum absolute atomic E-state index is 12.1. The number of piperidine rings is 1. The first-order chi connectivity index (χ1) is 8.91. The van der Waals surface area contributed by atoms with E-state index >= 15 is 0 Å². The van der Waals surface area contributed by atoms with E-state index in [0.717, 1.165) is 0 Å². The van der Waals surface area contributed by atoms with Crippen LogP contribution in [0.15, 0.2) is 0 Å². The van der Waals surface area contributed by atoms with Gasteiger partial charge in [0.15, 0.2) is 5.25 Å². The zero-order valence-corrected chi connectivity index (χ0v) is 11.6. The fourth-order valence-corrected chi connectivity index (χ4v) is 3.62. The van der Waals surface area contributed by atoms with E-state index in [9.17, 15) is 13.2 Å². The summed E-state index contributed by atoms with van der Waals surface area (Å²) in [4.78, 5) is 10.4. The summed E-state index contributed by atoms with van der Waals surface area (Å²) in [5, 5.41) is 16.3. The first kappa shape index (κ1) is 15.9. The van der Waals surface area contributed by atoms with Crippen molar-refractivity contribution in [3.63, 3.8) is 0 Å². The van der Waals surface area contributed by atoms with Crippen LogP contribution in [0.3, 0.4) is 0 Å². The van der Waals surface area contributed by atoms with Crippen LogP contribution < -0.4 is 0 Å². The van der Waals surface area contributed by atoms with Gasteiger partial charge >= 0.3 is 5.97 Å². The third kappa shape index (κ3) is 4.16. The molecule has 0 saturated carbocycles. The average molecular weight is 290 g/mol. The van der Waals surface area contributed by atoms with Crippen LogP contribution in [0.5, 0.6) is 0 Å². The molecule has 0 amide bonds. The average Bonchev–Trinajstić information content (AvgIpc) is 2.38. The molecule has 0 aromatic carbocycles. The molecule has 8 heteroatoms. The Kier molecular flexibility index (Phi) is 5.72. The second-order valence-corrected chi connectivity index (χ2v) is 6.49. The van der Waals surface area contributed by atoms with Crippen LogP contribution in [0.4, 0.5) is 0 Å². The molecule has 1 aliphatic rings. The van der Waals surface area contributed by atoms with Crippen molar-refractivity contribution in [2.45, 2.75) is 37.5 Å². The number of carboxylic acid groups (broad SMARTS) is 1. The van der Waals surface area contributed by atoms with E-state index < -0.39 is 21.2 Å². The smallest absolute Gasteiger partial charge is 0.329 e. The van der Waals surface area contributed by atoms with Gasteiger partial charge in [0.1, 0.15) is 6.61 Å². The van der Waals surface area contributed by atoms with E-state index in [1.165, 1.54) is 4.31 Å². The molecule has 0 bridgehead atoms. The van der Waals surface area contributed by atoms with Crippen molar-refractivity contribution in [1.82, 2.24) is 4.31 Å². The molecule has 1 saturated heterocycles. The molecule has 0 radical (unpaired) electrons. The summed E-state index contributed by atoms with van der Waals surface area (Å²) in [7, 11) is -3.58. The maximum atomic E-state index is 12.1. The van der Waals surface area contributed by atoms with Crippen LogP contribution in [0, 0.1) is 11.3 Å². The van der Waals surface area contributed by atoms with E-state index in [2.05, 4.69) is 0 Å². The normalized spacial score (nSPS) is 19.8. The molecule has 0 spiro atoms. The van der Waals surface area contributed by atoms with E-state index in [4.69, 9.17) is 15.1 Å². The zero-order chi connectivity index (χ0) is 14.5. The number of sulfonamides is 1. The summed E-state index contributed by atoms with van der Waals surface area (Å²) in [6.07, 6.45) is 0.932. The van der Waals surface area contributed by atoms with Crippen molar-refractivity contribution < 1.29 is 23.1 Å². The third-order valence-electron chi connectivity index (χ3n) is 3.08. The number of hydrogen-bond donors (Lipinski definition) is 1. The highest BCUT2D eigenvalue weighted by molar-refractivity contribution is 7.90. The molecule has 108 valence electrons. The third-order valence-corrected chi connectivity index (χ3v) is 5.32. The molecule has 1 aliphatic heterocycles. The van der Waals surface area contributed by atoms with Gasteiger partial charge in [-0.25, -0.2) is 17.5 Å². The number of nitrogens with zero attached hydrogens (tertiary/aromatic N) is 2. The molecule has 1 unspecified atom stereocenters. The first-order valence-corrected chi connectivity index (χ1v) is 7.64. The summed E-state index contributed by atoms with van der Waals surface area (Å²) in [5.74, 6) is -1.04. The second-order valence-electron chi connectivity index (χ2n) is 4.37. The number of nitriles is 1. The van der Waals surface area contributed by atoms with Crippen molar-refractivity contribution in [3.8, 4) is 6.07 Å². The van der Waals surface area contributed by atoms with E-state index in [0.29, 0.717) is 12.8 Å². The van der Waals surface area contributed by atoms with Crippen LogP contribution in [0.2, 0.25) is 0 Å². The second kappa shape index (κ2) is 6.84. The zero-order valence-electron chi connectivity index (χ0n) is 10.8. The Balaban J connectivity index is 2.54. The lowest BCUT2D eigenvalue weighted by Gasteiger charge is -2.31. The number of aliphatic carboxylic acids is 1. The van der Waals surface area contributed by atoms with Gasteiger partial charge in [-0.05, 0) is 19.3 Å². The molecule has 1 atom stereocenters. The standard InChI is InChI=1S/C11H18N2O5S/c1-2-10(7-12)19(16,17)13-5-3-9(4-6-13)18-8-11(14)15/h9-10H,2-6,8H2,1H3,(H,14,15). The molecule has 7 nitrogen and oxygen atoms in total. The number of carbonyl (C=O) groups is 1. The van der Waals surface area contributed by atoms with Crippen LogP contribution in [0.1, 0.15) is 26.2 Å². The number of rotatable bonds is 6. The quantitative estimate of drug-likeness (QED) is 0.748. The maximum Gasteiger partial charge on any atom is 0.329 e. The van der Waals surface area contributed by atoms with Gasteiger partial charge < -0.3 is 9.84 Å². The largest absolute Gasteiger partial charge is 0.480 e. The van der Waals surface area contributed by atoms with Crippen molar-refractivity contribution in [2.75, 3.05) is 19.7 Å². The van der Waals surface area contributed by atoms with Gasteiger partial charge in [0.05, 0.1) is 12.2 Å². The van der Waals surface area contributed by atoms with Crippen LogP contribution in [-0.4, -0.2) is 54.8 Å². The van der Waals surface area contributed by atoms with Crippen LogP contribution >= 0.6 is 0 Å². The molecular weight excluding hydrogens is 272 g/mol. The lowest BCUT2D eigenvalue weighted by molar-refractivity contribution is -0.145. The minimum atomic E-state index is -3.58. The topological polar surface area (TPSA) is 108 Å². The minimum Gasteiger partial charge on any atom is -0.480 e. The van der Waals surface area contributed by atoms with E-state index in [1.54, 1.807) is 13.0 Å². The van der Waals surface area contributed by atoms with Gasteiger partial charge in [0.2, 0.25) is 10.0 Å². The molecule has 0 aliphatic carbocycles. The van der Waals surface area contributed by atoms with E-state index in [1.807, 2.05) is 0 Å². The van der Waals surface area contributed by atoms with Gasteiger partial charge in [0, 0.05) is 13.1 Å². The molecule has 1 heterocycles. The molecule has 19 heavy (non-hydrogen) atoms. The van der Waals surface area contributed by atoms with Gasteiger partial charge in [-0.2, -0.15) is 5.26 Å². The number of ether oxygens (including phenoxy) is 1. The summed E-state index contributed by atoms with van der Waals surface area (Å²) < 4.78 is 30.6. The van der Waals surface area contributed by atoms with Gasteiger partial charge in [0.25, 0.3) is 0 Å². The number of hydrogen-bond acceptors (Lipinski definition) is 5. The molecule has 0 aromatic heterocycles. The van der Waals surface area contributed by atoms with Crippen molar-refractivity contribution in [3.05, 3.63) is 0 Å². The fraction of sp³-hybridized carbons (Fsp3) is 0.818. The monoisotopic (exact) mass is 290 g/mol. The fourth-order valence-electron chi connectivity index (χ4n) is 1.99. The Bertz CT molecular complexity index is 448. The minimum absolute atomic E-state index is 0.232. The first-order valence-electron chi connectivity index (χ1n) is 6.13. The molecular formula is C11H18N2O5S. The summed E-state index contributed by atoms with van der Waals surface area (Å²) in [6, 6.07) is 1.80. The highest BCUT2D eigenvalue weighted by Gasteiger charge is 2.34. The van der Waals surface area contributed by atoms with Crippen LogP contribution in [-0.2, 0) is 19.6 Å². The summed E-state index contributed by atoms with van der Waals surface area (Å²) >= 11 is 0. The van der Waals surface area contributed by atoms with Gasteiger partial charge in [-0.15, -0.1) is 0 Å². The predicted octanol–water partition coefficient (Wildman–Crippen LogP) is 0.184. The van der Waals surface area contributed by atoms with E-state index in [-0.39, 0.29) is 32.2 Å². The Morgan fingerprint density at radius 3 is 2.53 bits per heavy atom. The van der Waals surface area contributed by atoms with Gasteiger partial charge in [-0.3, -0.25) is 0 Å². The van der Waals surface area contributed by atoms with Gasteiger partial charge in [-0.1, -0.05) is 6.92 Å². The number of carboxylic acids is 1. The van der Waals surface area contributed by atoms with Crippen molar-refractivity contribution >= 4 is 16.0 Å². The molecule has 0 aromatic rings. The van der Waals surface area contributed by atoms with Crippen LogP contribution in [0.25, 0.3) is 0 Å². The Labute approximate surface area is 112 Å². The Morgan fingerprint density at radius 2 is 2.11 bits per heavy atom. The lowest BCUT2D eigenvalue weighted by atomic mass is 10.1. The Hall–Kier alpha value is -1.17. The molecule has 1 N–H and O–H groups in total. The molecule has 1 rings (SSSR count). The Morgan fingerprint density at radius 1 is 1.53 bits per heavy atom. The predicted molar refractivity (Wildman–Crippen MR) is 66.8 cm³/mol. The van der Waals surface area contributed by atoms with Crippen molar-refractivity contribution in [2.24, 2.45) is 0 Å². The summed E-state index contributed by atoms with van der Waals surface area (Å²) in [5.41, 5.74) is 0. The van der Waals surface area contributed by atoms with Crippen molar-refractivity contribution in [1.29, 1.82) is 5.26 Å². The SMILES string of the molecule is CCC(C#N)S(=O)(=O)N1CCC(OCC(=O)O)CC1. The summed E-state index contributed by atoms with van der Waals surface area (Å²) in [6.45, 7) is 1.83. The highest BCUT2D eigenvalue weighted by atomic mass is 32.2.